The van der Waals surface area contributed by atoms with Crippen molar-refractivity contribution < 1.29 is 24.5 Å². The first-order chi connectivity index (χ1) is 25.8. The number of Topliss-reactive ketones (excluding diaryl/α,β-unsaturated/α-hetero) is 1. The number of ketones is 1. The summed E-state index contributed by atoms with van der Waals surface area (Å²) in [6.07, 6.45) is 16.9. The number of unbranched alkanes of at least 4 members (excludes halogenated alkanes) is 2. The topological polar surface area (TPSA) is 135 Å². The van der Waals surface area contributed by atoms with E-state index >= 15 is 0 Å². The summed E-state index contributed by atoms with van der Waals surface area (Å²) in [6, 6.07) is 9.80. The molecule has 5 atom stereocenters. The summed E-state index contributed by atoms with van der Waals surface area (Å²) in [5.41, 5.74) is 13.2. The van der Waals surface area contributed by atoms with E-state index < -0.39 is 29.8 Å². The number of carbonyl (C=O) groups is 1. The minimum absolute atomic E-state index is 0.0526. The smallest absolute Gasteiger partial charge is 0.191 e. The minimum atomic E-state index is -1.01. The number of fused-ring (bicyclic) bond motifs is 8. The van der Waals surface area contributed by atoms with Crippen LogP contribution in [0.1, 0.15) is 123 Å². The Balaban J connectivity index is 1.17. The van der Waals surface area contributed by atoms with Crippen molar-refractivity contribution in [3.05, 3.63) is 82.3 Å². The molecule has 4 aliphatic rings. The Morgan fingerprint density at radius 1 is 1.09 bits per heavy atom. The first kappa shape index (κ1) is 35.5. The Labute approximate surface area is 311 Å². The predicted molar refractivity (Wildman–Crippen MR) is 204 cm³/mol. The molecule has 2 aromatic heterocycles. The number of aromatic amines is 1. The van der Waals surface area contributed by atoms with Gasteiger partial charge in [-0.05, 0) is 77.6 Å². The summed E-state index contributed by atoms with van der Waals surface area (Å²) < 4.78 is 15.3. The van der Waals surface area contributed by atoms with Crippen molar-refractivity contribution >= 4 is 16.7 Å². The number of H-pyrrole nitrogens is 1. The number of aromatic nitrogens is 2. The van der Waals surface area contributed by atoms with Crippen molar-refractivity contribution in [2.24, 2.45) is 17.1 Å². The zero-order chi connectivity index (χ0) is 36.5. The van der Waals surface area contributed by atoms with E-state index in [4.69, 9.17) is 15.2 Å². The van der Waals surface area contributed by atoms with Gasteiger partial charge in [0.2, 0.25) is 0 Å². The second kappa shape index (κ2) is 15.1. The van der Waals surface area contributed by atoms with E-state index in [0.717, 1.165) is 96.6 Å². The van der Waals surface area contributed by atoms with Gasteiger partial charge in [0.1, 0.15) is 18.0 Å². The SMILES string of the molecule is CCCCCC(O)CC(=O)CCc1ccc2c(c1)OC1C(C#CC(O)c3ccc4c(c3Cc3c[nH]c5cn1cc35)CCNC4N)C1(C#CO2)CCCC1. The summed E-state index contributed by atoms with van der Waals surface area (Å²) in [7, 11) is 0. The number of nitrogens with zero attached hydrogens (tertiary/aromatic N) is 1. The van der Waals surface area contributed by atoms with Crippen LogP contribution < -0.4 is 20.5 Å². The van der Waals surface area contributed by atoms with E-state index in [1.165, 1.54) is 5.56 Å². The number of aryl methyl sites for hydroxylation is 1. The van der Waals surface area contributed by atoms with E-state index in [2.05, 4.69) is 64.2 Å². The molecule has 5 unspecified atom stereocenters. The average molecular weight is 715 g/mol. The lowest BCUT2D eigenvalue weighted by Crippen LogP contribution is -2.36. The molecule has 2 bridgehead atoms. The quantitative estimate of drug-likeness (QED) is 0.0968. The van der Waals surface area contributed by atoms with Gasteiger partial charge in [0.25, 0.3) is 0 Å². The summed E-state index contributed by atoms with van der Waals surface area (Å²) in [4.78, 5) is 16.3. The summed E-state index contributed by atoms with van der Waals surface area (Å²) in [5, 5.41) is 26.7. The van der Waals surface area contributed by atoms with Crippen molar-refractivity contribution in [3.8, 4) is 35.4 Å². The minimum Gasteiger partial charge on any atom is -0.465 e. The van der Waals surface area contributed by atoms with Crippen molar-refractivity contribution in [3.63, 3.8) is 0 Å². The Hall–Kier alpha value is -4.51. The molecule has 9 nitrogen and oxygen atoms in total. The van der Waals surface area contributed by atoms with E-state index in [-0.39, 0.29) is 18.4 Å². The van der Waals surface area contributed by atoms with Crippen LogP contribution in [-0.2, 0) is 24.1 Å². The van der Waals surface area contributed by atoms with Crippen LogP contribution in [-0.4, -0.2) is 38.2 Å². The molecule has 1 fully saturated rings. The second-order valence-electron chi connectivity index (χ2n) is 15.4. The van der Waals surface area contributed by atoms with Crippen molar-refractivity contribution in [1.82, 2.24) is 14.9 Å². The van der Waals surface area contributed by atoms with Crippen LogP contribution in [0.25, 0.3) is 10.9 Å². The fraction of sp³-hybridized carbons (Fsp3) is 0.477. The molecule has 3 aliphatic heterocycles. The fourth-order valence-corrected chi connectivity index (χ4v) is 8.94. The molecule has 6 N–H and O–H groups in total. The highest BCUT2D eigenvalue weighted by atomic mass is 16.5. The van der Waals surface area contributed by atoms with Gasteiger partial charge in [-0.15, -0.1) is 0 Å². The molecular weight excluding hydrogens is 665 g/mol. The normalized spacial score (nSPS) is 23.1. The third kappa shape index (κ3) is 7.12. The van der Waals surface area contributed by atoms with Gasteiger partial charge < -0.3 is 35.0 Å². The molecule has 1 aliphatic carbocycles. The highest BCUT2D eigenvalue weighted by molar-refractivity contribution is 5.83. The zero-order valence-corrected chi connectivity index (χ0v) is 30.5. The highest BCUT2D eigenvalue weighted by Gasteiger charge is 2.46. The molecule has 0 amide bonds. The monoisotopic (exact) mass is 714 g/mol. The molecule has 2 aromatic carbocycles. The molecule has 53 heavy (non-hydrogen) atoms. The van der Waals surface area contributed by atoms with Gasteiger partial charge in [0, 0.05) is 49.8 Å². The summed E-state index contributed by atoms with van der Waals surface area (Å²) >= 11 is 0. The van der Waals surface area contributed by atoms with Crippen molar-refractivity contribution in [1.29, 1.82) is 0 Å². The Morgan fingerprint density at radius 2 is 1.94 bits per heavy atom. The maximum atomic E-state index is 12.8. The van der Waals surface area contributed by atoms with Crippen LogP contribution in [0.3, 0.4) is 0 Å². The van der Waals surface area contributed by atoms with Gasteiger partial charge in [0.15, 0.2) is 17.7 Å². The molecule has 0 radical (unpaired) electrons. The number of hydrogen-bond acceptors (Lipinski definition) is 7. The summed E-state index contributed by atoms with van der Waals surface area (Å²) in [6.45, 7) is 2.90. The standard InChI is InChI=1S/C44H50N4O5/c1-2-3-4-7-30(49)24-31(50)10-8-28-9-15-40-41(22-28)53-43-37(44(19-21-52-40)17-5-6-18-44)13-14-39(51)33-11-12-34-32(16-20-46-42(34)45)35(33)23-29-25-47-38-27-48(43)26-36(29)38/h9,11-12,15,22,25-27,30,37,39,42-43,46-47,49,51H,2-8,10,16-18,20,23-24,45H2,1H3. The molecule has 0 saturated heterocycles. The Morgan fingerprint density at radius 3 is 2.79 bits per heavy atom. The van der Waals surface area contributed by atoms with Gasteiger partial charge in [-0.2, -0.15) is 0 Å². The van der Waals surface area contributed by atoms with Gasteiger partial charge in [-0.1, -0.05) is 75.0 Å². The van der Waals surface area contributed by atoms with Crippen LogP contribution in [0.2, 0.25) is 0 Å². The van der Waals surface area contributed by atoms with Crippen LogP contribution >= 0.6 is 0 Å². The maximum absolute atomic E-state index is 12.8. The number of hydrogen-bond donors (Lipinski definition) is 5. The van der Waals surface area contributed by atoms with E-state index in [0.29, 0.717) is 37.2 Å². The van der Waals surface area contributed by atoms with Gasteiger partial charge in [0.05, 0.1) is 29.1 Å². The number of aliphatic hydroxyl groups excluding tert-OH is 2. The molecule has 8 rings (SSSR count). The molecule has 1 spiro atoms. The Bertz CT molecular complexity index is 2120. The zero-order valence-electron chi connectivity index (χ0n) is 30.5. The second-order valence-corrected chi connectivity index (χ2v) is 15.4. The van der Waals surface area contributed by atoms with Crippen LogP contribution in [0, 0.1) is 35.2 Å². The van der Waals surface area contributed by atoms with Gasteiger partial charge in [-0.25, -0.2) is 0 Å². The molecular formula is C44H50N4O5. The first-order valence-electron chi connectivity index (χ1n) is 19.5. The van der Waals surface area contributed by atoms with Gasteiger partial charge >= 0.3 is 0 Å². The van der Waals surface area contributed by atoms with Crippen LogP contribution in [0.4, 0.5) is 0 Å². The molecule has 9 heteroatoms. The third-order valence-electron chi connectivity index (χ3n) is 11.9. The molecule has 1 saturated carbocycles. The number of ether oxygens (including phenoxy) is 2. The van der Waals surface area contributed by atoms with Gasteiger partial charge in [-0.3, -0.25) is 10.1 Å². The third-order valence-corrected chi connectivity index (χ3v) is 11.9. The number of aliphatic hydroxyl groups is 2. The lowest BCUT2D eigenvalue weighted by molar-refractivity contribution is -0.121. The van der Waals surface area contributed by atoms with E-state index in [1.807, 2.05) is 30.3 Å². The molecule has 276 valence electrons. The number of benzene rings is 2. The number of rotatable bonds is 9. The maximum Gasteiger partial charge on any atom is 0.191 e. The number of nitrogens with one attached hydrogen (secondary N) is 2. The fourth-order valence-electron chi connectivity index (χ4n) is 8.94. The number of nitrogens with two attached hydrogens (primary N) is 1. The average Bonchev–Trinajstić information content (AvgIpc) is 3.89. The van der Waals surface area contributed by atoms with Crippen molar-refractivity contribution in [2.45, 2.75) is 115 Å². The van der Waals surface area contributed by atoms with Crippen molar-refractivity contribution in [2.75, 3.05) is 6.54 Å². The number of carbonyl (C=O) groups excluding carboxylic acids is 1. The highest BCUT2D eigenvalue weighted by Crippen LogP contribution is 2.50. The Kier molecular flexibility index (Phi) is 10.1. The lowest BCUT2D eigenvalue weighted by Gasteiger charge is -2.35. The largest absolute Gasteiger partial charge is 0.465 e. The molecule has 5 heterocycles. The predicted octanol–water partition coefficient (Wildman–Crippen LogP) is 6.65. The molecule has 4 aromatic rings. The van der Waals surface area contributed by atoms with Crippen LogP contribution in [0.15, 0.2) is 48.9 Å². The van der Waals surface area contributed by atoms with E-state index in [1.54, 1.807) is 0 Å². The lowest BCUT2D eigenvalue weighted by atomic mass is 9.73. The first-order valence-corrected chi connectivity index (χ1v) is 19.5. The summed E-state index contributed by atoms with van der Waals surface area (Å²) in [5.74, 6) is 11.1. The van der Waals surface area contributed by atoms with E-state index in [9.17, 15) is 15.0 Å². The van der Waals surface area contributed by atoms with Crippen LogP contribution in [0.5, 0.6) is 11.5 Å².